The van der Waals surface area contributed by atoms with E-state index in [9.17, 15) is 13.2 Å². The lowest BCUT2D eigenvalue weighted by Crippen LogP contribution is -2.44. The number of nitrogen functional groups attached to an aromatic ring is 1. The van der Waals surface area contributed by atoms with E-state index in [0.29, 0.717) is 34.1 Å². The normalized spacial score (nSPS) is 16.0. The molecule has 1 atom stereocenters. The minimum Gasteiger partial charge on any atom is -0.479 e. The van der Waals surface area contributed by atoms with Gasteiger partial charge in [-0.1, -0.05) is 0 Å². The maximum Gasteiger partial charge on any atom is 0.416 e. The molecule has 1 saturated heterocycles. The third-order valence-electron chi connectivity index (χ3n) is 5.94. The number of likely N-dealkylation sites (N-methyl/N-ethyl adjacent to an activating group) is 1. The number of halogens is 3. The summed E-state index contributed by atoms with van der Waals surface area (Å²) in [4.78, 5) is 18.0. The van der Waals surface area contributed by atoms with Crippen molar-refractivity contribution in [3.8, 4) is 5.88 Å². The van der Waals surface area contributed by atoms with E-state index in [4.69, 9.17) is 10.5 Å². The molecule has 1 aliphatic heterocycles. The summed E-state index contributed by atoms with van der Waals surface area (Å²) in [6, 6.07) is 4.98. The van der Waals surface area contributed by atoms with Crippen LogP contribution in [0, 0.1) is 6.92 Å². The highest BCUT2D eigenvalue weighted by molar-refractivity contribution is 5.90. The molecule has 182 valence electrons. The number of aryl methyl sites for hydroxylation is 1. The SMILES string of the molecule is COc1nc2nc(C)nc(NC(C)c3cc(N)cc(C(F)(F)F)c3)c2cc1N1CCN(C)CC1. The Bertz CT molecular complexity index is 1190. The first-order chi connectivity index (χ1) is 16.0. The van der Waals surface area contributed by atoms with Gasteiger partial charge in [-0.2, -0.15) is 18.2 Å². The van der Waals surface area contributed by atoms with Crippen molar-refractivity contribution in [1.82, 2.24) is 19.9 Å². The van der Waals surface area contributed by atoms with Crippen molar-refractivity contribution in [3.05, 3.63) is 41.2 Å². The van der Waals surface area contributed by atoms with E-state index in [1.807, 2.05) is 6.07 Å². The number of nitrogens with one attached hydrogen (secondary N) is 1. The molecule has 1 aliphatic rings. The van der Waals surface area contributed by atoms with Crippen LogP contribution in [0.15, 0.2) is 24.3 Å². The number of benzene rings is 1. The lowest BCUT2D eigenvalue weighted by atomic mass is 10.0. The zero-order chi connectivity index (χ0) is 24.6. The summed E-state index contributed by atoms with van der Waals surface area (Å²) >= 11 is 0. The molecule has 0 radical (unpaired) electrons. The van der Waals surface area contributed by atoms with E-state index < -0.39 is 17.8 Å². The molecule has 4 rings (SSSR count). The number of hydrogen-bond donors (Lipinski definition) is 2. The molecule has 0 spiro atoms. The van der Waals surface area contributed by atoms with Crippen molar-refractivity contribution in [2.45, 2.75) is 26.1 Å². The Hall–Kier alpha value is -3.34. The second kappa shape index (κ2) is 9.13. The third kappa shape index (κ3) is 4.93. The standard InChI is InChI=1S/C23H28F3N7O/c1-13(15-9-16(23(24,25)26)11-17(27)10-15)28-20-18-12-19(33-7-5-32(3)6-8-33)22(34-4)31-21(18)30-14(2)29-20/h9-13H,5-8,27H2,1-4H3,(H,28,29,30,31). The second-order valence-corrected chi connectivity index (χ2v) is 8.55. The van der Waals surface area contributed by atoms with E-state index >= 15 is 0 Å². The van der Waals surface area contributed by atoms with E-state index in [2.05, 4.69) is 37.1 Å². The molecular weight excluding hydrogens is 447 g/mol. The number of hydrogen-bond acceptors (Lipinski definition) is 8. The summed E-state index contributed by atoms with van der Waals surface area (Å²) in [5, 5.41) is 3.90. The van der Waals surface area contributed by atoms with Gasteiger partial charge in [-0.3, -0.25) is 0 Å². The maximum absolute atomic E-state index is 13.3. The zero-order valence-electron chi connectivity index (χ0n) is 19.6. The largest absolute Gasteiger partial charge is 0.479 e. The minimum absolute atomic E-state index is 0.0472. The smallest absolute Gasteiger partial charge is 0.416 e. The molecule has 1 aromatic carbocycles. The molecule has 11 heteroatoms. The van der Waals surface area contributed by atoms with Crippen LogP contribution in [0.2, 0.25) is 0 Å². The molecule has 1 unspecified atom stereocenters. The fourth-order valence-corrected chi connectivity index (χ4v) is 4.05. The number of aromatic nitrogens is 3. The number of nitrogens with two attached hydrogens (primary N) is 1. The molecule has 0 saturated carbocycles. The van der Waals surface area contributed by atoms with Gasteiger partial charge in [0.15, 0.2) is 5.65 Å². The number of ether oxygens (including phenoxy) is 1. The number of alkyl halides is 3. The predicted octanol–water partition coefficient (Wildman–Crippen LogP) is 3.87. The summed E-state index contributed by atoms with van der Waals surface area (Å²) in [6.45, 7) is 6.94. The number of fused-ring (bicyclic) bond motifs is 1. The molecule has 3 N–H and O–H groups in total. The van der Waals surface area contributed by atoms with Gasteiger partial charge in [0.05, 0.1) is 24.1 Å². The average molecular weight is 476 g/mol. The first-order valence-electron chi connectivity index (χ1n) is 11.0. The van der Waals surface area contributed by atoms with E-state index in [0.717, 1.165) is 44.0 Å². The van der Waals surface area contributed by atoms with Crippen LogP contribution in [0.4, 0.5) is 30.4 Å². The first kappa shape index (κ1) is 23.8. The molecular formula is C23H28F3N7O. The zero-order valence-corrected chi connectivity index (χ0v) is 19.6. The van der Waals surface area contributed by atoms with Gasteiger partial charge >= 0.3 is 6.18 Å². The Balaban J connectivity index is 1.74. The van der Waals surface area contributed by atoms with Crippen LogP contribution < -0.4 is 20.7 Å². The lowest BCUT2D eigenvalue weighted by Gasteiger charge is -2.34. The van der Waals surface area contributed by atoms with Crippen LogP contribution in [0.25, 0.3) is 11.0 Å². The van der Waals surface area contributed by atoms with Crippen molar-refractivity contribution in [3.63, 3.8) is 0 Å². The van der Waals surface area contributed by atoms with Gasteiger partial charge in [-0.25, -0.2) is 9.97 Å². The molecule has 0 aliphatic carbocycles. The number of nitrogens with zero attached hydrogens (tertiary/aromatic N) is 5. The Kier molecular flexibility index (Phi) is 6.39. The van der Waals surface area contributed by atoms with Gasteiger partial charge in [0.1, 0.15) is 17.3 Å². The lowest BCUT2D eigenvalue weighted by molar-refractivity contribution is -0.137. The molecule has 0 bridgehead atoms. The summed E-state index contributed by atoms with van der Waals surface area (Å²) < 4.78 is 45.4. The molecule has 2 aromatic heterocycles. The monoisotopic (exact) mass is 475 g/mol. The van der Waals surface area contributed by atoms with E-state index in [1.54, 1.807) is 21.0 Å². The fourth-order valence-electron chi connectivity index (χ4n) is 4.05. The van der Waals surface area contributed by atoms with Gasteiger partial charge in [0.25, 0.3) is 0 Å². The van der Waals surface area contributed by atoms with Crippen LogP contribution in [0.1, 0.15) is 29.9 Å². The number of methoxy groups -OCH3 is 1. The Morgan fingerprint density at radius 2 is 1.76 bits per heavy atom. The van der Waals surface area contributed by atoms with Gasteiger partial charge in [0.2, 0.25) is 5.88 Å². The maximum atomic E-state index is 13.3. The highest BCUT2D eigenvalue weighted by Crippen LogP contribution is 2.36. The quantitative estimate of drug-likeness (QED) is 0.538. The van der Waals surface area contributed by atoms with Gasteiger partial charge in [-0.05, 0) is 50.7 Å². The van der Waals surface area contributed by atoms with Crippen LogP contribution >= 0.6 is 0 Å². The van der Waals surface area contributed by atoms with Crippen LogP contribution in [0.5, 0.6) is 5.88 Å². The molecule has 8 nitrogen and oxygen atoms in total. The van der Waals surface area contributed by atoms with E-state index in [1.165, 1.54) is 6.07 Å². The van der Waals surface area contributed by atoms with Gasteiger partial charge < -0.3 is 25.6 Å². The number of anilines is 3. The van der Waals surface area contributed by atoms with E-state index in [-0.39, 0.29) is 5.69 Å². The highest BCUT2D eigenvalue weighted by Gasteiger charge is 2.31. The second-order valence-electron chi connectivity index (χ2n) is 8.55. The number of pyridine rings is 1. The van der Waals surface area contributed by atoms with Gasteiger partial charge in [-0.15, -0.1) is 0 Å². The molecule has 3 heterocycles. The highest BCUT2D eigenvalue weighted by atomic mass is 19.4. The van der Waals surface area contributed by atoms with Crippen molar-refractivity contribution < 1.29 is 17.9 Å². The molecule has 1 fully saturated rings. The topological polar surface area (TPSA) is 92.4 Å². The first-order valence-corrected chi connectivity index (χ1v) is 11.0. The summed E-state index contributed by atoms with van der Waals surface area (Å²) in [5.74, 6) is 1.43. The Labute approximate surface area is 195 Å². The molecule has 3 aromatic rings. The van der Waals surface area contributed by atoms with Crippen molar-refractivity contribution in [2.75, 3.05) is 56.3 Å². The third-order valence-corrected chi connectivity index (χ3v) is 5.94. The fraction of sp³-hybridized carbons (Fsp3) is 0.435. The van der Waals surface area contributed by atoms with Crippen LogP contribution in [-0.4, -0.2) is 60.2 Å². The Morgan fingerprint density at radius 1 is 1.06 bits per heavy atom. The summed E-state index contributed by atoms with van der Waals surface area (Å²) in [6.07, 6.45) is -4.49. The number of piperazine rings is 1. The minimum atomic E-state index is -4.49. The predicted molar refractivity (Wildman–Crippen MR) is 126 cm³/mol. The average Bonchev–Trinajstić information content (AvgIpc) is 2.77. The molecule has 0 amide bonds. The summed E-state index contributed by atoms with van der Waals surface area (Å²) in [5.41, 5.74) is 6.69. The van der Waals surface area contributed by atoms with Crippen molar-refractivity contribution >= 4 is 28.2 Å². The van der Waals surface area contributed by atoms with Crippen LogP contribution in [-0.2, 0) is 6.18 Å². The van der Waals surface area contributed by atoms with Crippen molar-refractivity contribution in [2.24, 2.45) is 0 Å². The molecule has 34 heavy (non-hydrogen) atoms. The summed E-state index contributed by atoms with van der Waals surface area (Å²) in [7, 11) is 3.65. The number of rotatable bonds is 5. The van der Waals surface area contributed by atoms with Crippen LogP contribution in [0.3, 0.4) is 0 Å². The van der Waals surface area contributed by atoms with Gasteiger partial charge in [0, 0.05) is 31.9 Å². The van der Waals surface area contributed by atoms with Crippen molar-refractivity contribution in [1.29, 1.82) is 0 Å². The Morgan fingerprint density at radius 3 is 2.41 bits per heavy atom.